The molecule has 0 spiro atoms. The Hall–Kier alpha value is -3.25. The van der Waals surface area contributed by atoms with Gasteiger partial charge in [0.1, 0.15) is 6.04 Å². The lowest BCUT2D eigenvalue weighted by atomic mass is 9.90. The van der Waals surface area contributed by atoms with Gasteiger partial charge in [0.25, 0.3) is 0 Å². The number of hydrogen-bond donors (Lipinski definition) is 2. The molecule has 2 atom stereocenters. The Morgan fingerprint density at radius 2 is 1.27 bits per heavy atom. The van der Waals surface area contributed by atoms with Gasteiger partial charge in [-0.3, -0.25) is 13.8 Å². The molecule has 0 aliphatic carbocycles. The van der Waals surface area contributed by atoms with Crippen LogP contribution in [0.3, 0.4) is 0 Å². The molecule has 3 rings (SSSR count). The van der Waals surface area contributed by atoms with Crippen LogP contribution in [0.4, 0.5) is 0 Å². The first-order valence-electron chi connectivity index (χ1n) is 9.69. The van der Waals surface area contributed by atoms with Gasteiger partial charge in [-0.2, -0.15) is 0 Å². The van der Waals surface area contributed by atoms with E-state index < -0.39 is 28.7 Å². The zero-order valence-electron chi connectivity index (χ0n) is 16.4. The molecule has 3 N–H and O–H groups in total. The number of rotatable bonds is 9. The van der Waals surface area contributed by atoms with Gasteiger partial charge in [0.15, 0.2) is 0 Å². The van der Waals surface area contributed by atoms with Crippen molar-refractivity contribution in [2.24, 2.45) is 5.73 Å². The predicted octanol–water partition coefficient (Wildman–Crippen LogP) is 2.99. The molecule has 0 aromatic heterocycles. The molecule has 30 heavy (non-hydrogen) atoms. The van der Waals surface area contributed by atoms with E-state index in [2.05, 4.69) is 5.32 Å². The molecule has 0 heterocycles. The molecule has 0 saturated carbocycles. The summed E-state index contributed by atoms with van der Waals surface area (Å²) in [5, 5.41) is 2.77. The number of amides is 2. The molecule has 0 saturated heterocycles. The number of nitrogens with one attached hydrogen (secondary N) is 1. The molecule has 154 valence electrons. The number of primary amides is 1. The smallest absolute Gasteiger partial charge is 0.240 e. The lowest BCUT2D eigenvalue weighted by Gasteiger charge is -2.21. The summed E-state index contributed by atoms with van der Waals surface area (Å²) in [6.45, 7) is 0. The fourth-order valence-electron chi connectivity index (χ4n) is 3.24. The van der Waals surface area contributed by atoms with Crippen molar-refractivity contribution in [3.63, 3.8) is 0 Å². The SMILES string of the molecule is NC(=O)[C@@H](CC[S@@](=O)c1ccccc1)NC(=O)C(c1ccccc1)c1ccccc1. The second-order valence-corrected chi connectivity index (χ2v) is 8.44. The van der Waals surface area contributed by atoms with Crippen LogP contribution in [0.1, 0.15) is 23.5 Å². The second-order valence-electron chi connectivity index (χ2n) is 6.87. The Balaban J connectivity index is 1.75. The monoisotopic (exact) mass is 420 g/mol. The first-order chi connectivity index (χ1) is 14.6. The molecule has 2 amide bonds. The number of nitrogens with two attached hydrogens (primary N) is 1. The maximum absolute atomic E-state index is 13.2. The third kappa shape index (κ3) is 5.64. The summed E-state index contributed by atoms with van der Waals surface area (Å²) in [6, 6.07) is 26.9. The summed E-state index contributed by atoms with van der Waals surface area (Å²) in [6.07, 6.45) is 0.193. The van der Waals surface area contributed by atoms with Crippen LogP contribution in [0.25, 0.3) is 0 Å². The molecule has 0 aliphatic rings. The van der Waals surface area contributed by atoms with Crippen molar-refractivity contribution in [1.82, 2.24) is 5.32 Å². The number of carbonyl (C=O) groups excluding carboxylic acids is 2. The Morgan fingerprint density at radius 3 is 1.73 bits per heavy atom. The Morgan fingerprint density at radius 1 is 0.800 bits per heavy atom. The molecule has 3 aromatic carbocycles. The summed E-state index contributed by atoms with van der Waals surface area (Å²) < 4.78 is 12.5. The van der Waals surface area contributed by atoms with Gasteiger partial charge >= 0.3 is 0 Å². The normalized spacial score (nSPS) is 12.8. The van der Waals surface area contributed by atoms with Crippen LogP contribution in [0.2, 0.25) is 0 Å². The molecule has 5 nitrogen and oxygen atoms in total. The molecular weight excluding hydrogens is 396 g/mol. The van der Waals surface area contributed by atoms with E-state index in [1.165, 1.54) is 0 Å². The molecule has 0 aliphatic heterocycles. The van der Waals surface area contributed by atoms with E-state index >= 15 is 0 Å². The maximum atomic E-state index is 13.2. The van der Waals surface area contributed by atoms with Crippen LogP contribution < -0.4 is 11.1 Å². The first-order valence-corrected chi connectivity index (χ1v) is 11.0. The van der Waals surface area contributed by atoms with Crippen molar-refractivity contribution in [1.29, 1.82) is 0 Å². The summed E-state index contributed by atoms with van der Waals surface area (Å²) in [5.41, 5.74) is 7.17. The van der Waals surface area contributed by atoms with Crippen molar-refractivity contribution >= 4 is 22.6 Å². The molecule has 0 unspecified atom stereocenters. The minimum Gasteiger partial charge on any atom is -0.368 e. The van der Waals surface area contributed by atoms with Crippen LogP contribution >= 0.6 is 0 Å². The fourth-order valence-corrected chi connectivity index (χ4v) is 4.39. The van der Waals surface area contributed by atoms with Gasteiger partial charge in [0.05, 0.1) is 16.7 Å². The highest BCUT2D eigenvalue weighted by Gasteiger charge is 2.27. The molecule has 0 fully saturated rings. The molecular formula is C24H24N2O3S. The van der Waals surface area contributed by atoms with Crippen LogP contribution in [-0.2, 0) is 20.4 Å². The van der Waals surface area contributed by atoms with Gasteiger partial charge in [-0.15, -0.1) is 0 Å². The zero-order valence-corrected chi connectivity index (χ0v) is 17.3. The van der Waals surface area contributed by atoms with Crippen LogP contribution in [0.5, 0.6) is 0 Å². The molecule has 6 heteroatoms. The van der Waals surface area contributed by atoms with Crippen molar-refractivity contribution in [3.05, 3.63) is 102 Å². The van der Waals surface area contributed by atoms with Crippen LogP contribution in [-0.4, -0.2) is 27.8 Å². The topological polar surface area (TPSA) is 89.3 Å². The third-order valence-electron chi connectivity index (χ3n) is 4.79. The number of carbonyl (C=O) groups is 2. The number of benzene rings is 3. The largest absolute Gasteiger partial charge is 0.368 e. The van der Waals surface area contributed by atoms with Crippen molar-refractivity contribution < 1.29 is 13.8 Å². The van der Waals surface area contributed by atoms with Gasteiger partial charge in [-0.25, -0.2) is 0 Å². The fraction of sp³-hybridized carbons (Fsp3) is 0.167. The lowest BCUT2D eigenvalue weighted by Crippen LogP contribution is -2.47. The third-order valence-corrected chi connectivity index (χ3v) is 6.19. The number of hydrogen-bond acceptors (Lipinski definition) is 3. The van der Waals surface area contributed by atoms with Gasteiger partial charge < -0.3 is 11.1 Å². The highest BCUT2D eigenvalue weighted by molar-refractivity contribution is 7.85. The zero-order chi connectivity index (χ0) is 21.3. The minimum absolute atomic E-state index is 0.193. The quantitative estimate of drug-likeness (QED) is 0.558. The van der Waals surface area contributed by atoms with E-state index in [1.54, 1.807) is 12.1 Å². The summed E-state index contributed by atoms with van der Waals surface area (Å²) in [5.74, 6) is -1.32. The summed E-state index contributed by atoms with van der Waals surface area (Å²) in [7, 11) is -1.28. The second kappa shape index (κ2) is 10.5. The lowest BCUT2D eigenvalue weighted by molar-refractivity contribution is -0.127. The first kappa shape index (κ1) is 21.5. The van der Waals surface area contributed by atoms with E-state index in [4.69, 9.17) is 5.73 Å². The van der Waals surface area contributed by atoms with E-state index in [0.29, 0.717) is 4.90 Å². The van der Waals surface area contributed by atoms with Gasteiger partial charge in [0.2, 0.25) is 11.8 Å². The standard InChI is InChI=1S/C24H24N2O3S/c25-23(27)21(16-17-30(29)20-14-8-3-9-15-20)26-24(28)22(18-10-4-1-5-11-18)19-12-6-2-7-13-19/h1-15,21-22H,16-17H2,(H2,25,27)(H,26,28)/t21-,30-/m1/s1. The molecule has 0 bridgehead atoms. The van der Waals surface area contributed by atoms with Crippen molar-refractivity contribution in [2.45, 2.75) is 23.3 Å². The summed E-state index contributed by atoms with van der Waals surface area (Å²) in [4.78, 5) is 25.8. The van der Waals surface area contributed by atoms with E-state index in [1.807, 2.05) is 78.9 Å². The molecule has 0 radical (unpaired) electrons. The summed E-state index contributed by atoms with van der Waals surface area (Å²) >= 11 is 0. The molecule has 3 aromatic rings. The maximum Gasteiger partial charge on any atom is 0.240 e. The Kier molecular flexibility index (Phi) is 7.51. The Bertz CT molecular complexity index is 955. The van der Waals surface area contributed by atoms with E-state index in [9.17, 15) is 13.8 Å². The predicted molar refractivity (Wildman–Crippen MR) is 118 cm³/mol. The van der Waals surface area contributed by atoms with Gasteiger partial charge in [-0.05, 0) is 29.7 Å². The highest BCUT2D eigenvalue weighted by Crippen LogP contribution is 2.25. The van der Waals surface area contributed by atoms with Crippen LogP contribution in [0, 0.1) is 0 Å². The van der Waals surface area contributed by atoms with Crippen molar-refractivity contribution in [2.75, 3.05) is 5.75 Å². The average Bonchev–Trinajstić information content (AvgIpc) is 2.78. The van der Waals surface area contributed by atoms with Crippen LogP contribution in [0.15, 0.2) is 95.9 Å². The minimum atomic E-state index is -1.28. The Labute approximate surface area is 178 Å². The van der Waals surface area contributed by atoms with Crippen molar-refractivity contribution in [3.8, 4) is 0 Å². The van der Waals surface area contributed by atoms with E-state index in [0.717, 1.165) is 11.1 Å². The van der Waals surface area contributed by atoms with Gasteiger partial charge in [-0.1, -0.05) is 78.9 Å². The average molecular weight is 421 g/mol. The van der Waals surface area contributed by atoms with Gasteiger partial charge in [0, 0.05) is 10.6 Å². The van der Waals surface area contributed by atoms with E-state index in [-0.39, 0.29) is 18.1 Å². The highest BCUT2D eigenvalue weighted by atomic mass is 32.2.